The predicted molar refractivity (Wildman–Crippen MR) is 77.7 cm³/mol. The van der Waals surface area contributed by atoms with Gasteiger partial charge in [-0.3, -0.25) is 9.59 Å². The van der Waals surface area contributed by atoms with E-state index >= 15 is 0 Å². The summed E-state index contributed by atoms with van der Waals surface area (Å²) < 4.78 is 11.0. The second kappa shape index (κ2) is 4.80. The van der Waals surface area contributed by atoms with E-state index < -0.39 is 35.5 Å². The zero-order valence-corrected chi connectivity index (χ0v) is 13.0. The Hall–Kier alpha value is -1.91. The molecule has 0 N–H and O–H groups in total. The number of ether oxygens (including phenoxy) is 2. The highest BCUT2D eigenvalue weighted by Crippen LogP contribution is 2.54. The maximum Gasteiger partial charge on any atom is 0.334 e. The molecule has 0 bridgehead atoms. The molecule has 0 aromatic carbocycles. The van der Waals surface area contributed by atoms with Crippen molar-refractivity contribution in [1.82, 2.24) is 0 Å². The third-order valence-electron chi connectivity index (χ3n) is 5.31. The first kappa shape index (κ1) is 15.0. The van der Waals surface area contributed by atoms with Gasteiger partial charge in [-0.05, 0) is 19.3 Å². The van der Waals surface area contributed by atoms with Crippen LogP contribution in [0.15, 0.2) is 23.8 Å². The second-order valence-electron chi connectivity index (χ2n) is 6.65. The van der Waals surface area contributed by atoms with Crippen LogP contribution in [0, 0.1) is 17.3 Å². The van der Waals surface area contributed by atoms with Gasteiger partial charge in [-0.1, -0.05) is 25.2 Å². The Bertz CT molecular complexity index is 617. The molecule has 2 fully saturated rings. The van der Waals surface area contributed by atoms with Crippen molar-refractivity contribution in [3.05, 3.63) is 23.8 Å². The molecular weight excluding hydrogens is 284 g/mol. The minimum absolute atomic E-state index is 0.0512. The highest BCUT2D eigenvalue weighted by atomic mass is 16.6. The van der Waals surface area contributed by atoms with Gasteiger partial charge in [0.1, 0.15) is 18.0 Å². The number of rotatable bonds is 1. The molecule has 5 nitrogen and oxygen atoms in total. The normalized spacial score (nSPS) is 40.5. The molecule has 0 aromatic rings. The Morgan fingerprint density at radius 3 is 2.77 bits per heavy atom. The van der Waals surface area contributed by atoms with Crippen molar-refractivity contribution >= 4 is 17.7 Å². The minimum atomic E-state index is -0.839. The minimum Gasteiger partial charge on any atom is -0.462 e. The molecular formula is C17H20O5. The Morgan fingerprint density at radius 1 is 1.45 bits per heavy atom. The van der Waals surface area contributed by atoms with Gasteiger partial charge < -0.3 is 9.47 Å². The summed E-state index contributed by atoms with van der Waals surface area (Å²) in [5, 5.41) is 0. The number of allylic oxidation sites excluding steroid dienone is 1. The van der Waals surface area contributed by atoms with E-state index in [0.29, 0.717) is 18.4 Å². The Balaban J connectivity index is 2.11. The third kappa shape index (κ3) is 1.87. The molecule has 0 radical (unpaired) electrons. The molecule has 0 amide bonds. The van der Waals surface area contributed by atoms with Crippen LogP contribution in [0.1, 0.15) is 33.6 Å². The number of carbonyl (C=O) groups is 3. The number of fused-ring (bicyclic) bond motifs is 3. The maximum atomic E-state index is 12.5. The average Bonchev–Trinajstić information content (AvgIpc) is 2.86. The number of carbonyl (C=O) groups excluding carboxylic acids is 3. The Morgan fingerprint density at radius 2 is 2.14 bits per heavy atom. The van der Waals surface area contributed by atoms with Crippen LogP contribution in [0.25, 0.3) is 0 Å². The summed E-state index contributed by atoms with van der Waals surface area (Å²) in [5.74, 6) is -1.23. The van der Waals surface area contributed by atoms with E-state index in [-0.39, 0.29) is 11.7 Å². The van der Waals surface area contributed by atoms with Crippen LogP contribution >= 0.6 is 0 Å². The number of hydrogen-bond acceptors (Lipinski definition) is 5. The molecule has 5 atom stereocenters. The summed E-state index contributed by atoms with van der Waals surface area (Å²) >= 11 is 0. The van der Waals surface area contributed by atoms with Crippen LogP contribution in [0.5, 0.6) is 0 Å². The second-order valence-corrected chi connectivity index (χ2v) is 6.65. The standard InChI is InChI=1S/C17H20O5/c1-8-7-12(21-10(3)18)14-9(2)16(20)22-15(14)17(4)11(8)5-6-13(17)19/h5,8,12,14-15H,2,6-7H2,1,3-4H3/t8-,12-,14+,15+,17-/m0/s1. The van der Waals surface area contributed by atoms with Crippen molar-refractivity contribution in [3.63, 3.8) is 0 Å². The number of hydrogen-bond donors (Lipinski definition) is 0. The molecule has 1 heterocycles. The van der Waals surface area contributed by atoms with Crippen molar-refractivity contribution < 1.29 is 23.9 Å². The zero-order chi connectivity index (χ0) is 16.2. The van der Waals surface area contributed by atoms with E-state index in [1.807, 2.05) is 19.9 Å². The fourth-order valence-electron chi connectivity index (χ4n) is 4.26. The van der Waals surface area contributed by atoms with Gasteiger partial charge in [0.05, 0.1) is 11.3 Å². The van der Waals surface area contributed by atoms with Crippen molar-refractivity contribution in [2.75, 3.05) is 0 Å². The topological polar surface area (TPSA) is 69.7 Å². The summed E-state index contributed by atoms with van der Waals surface area (Å²) in [7, 11) is 0. The van der Waals surface area contributed by atoms with Gasteiger partial charge in [-0.25, -0.2) is 4.79 Å². The molecule has 3 aliphatic rings. The lowest BCUT2D eigenvalue weighted by Crippen LogP contribution is -2.44. The van der Waals surface area contributed by atoms with Gasteiger partial charge in [-0.15, -0.1) is 0 Å². The molecule has 5 heteroatoms. The molecule has 1 aliphatic heterocycles. The highest BCUT2D eigenvalue weighted by molar-refractivity contribution is 5.96. The van der Waals surface area contributed by atoms with Gasteiger partial charge in [-0.2, -0.15) is 0 Å². The lowest BCUT2D eigenvalue weighted by atomic mass is 9.71. The van der Waals surface area contributed by atoms with E-state index in [4.69, 9.17) is 9.47 Å². The van der Waals surface area contributed by atoms with E-state index in [9.17, 15) is 14.4 Å². The first-order valence-corrected chi connectivity index (χ1v) is 7.57. The predicted octanol–water partition coefficient (Wildman–Crippen LogP) is 1.96. The van der Waals surface area contributed by atoms with Gasteiger partial charge in [0.2, 0.25) is 0 Å². The van der Waals surface area contributed by atoms with Gasteiger partial charge >= 0.3 is 11.9 Å². The summed E-state index contributed by atoms with van der Waals surface area (Å²) in [5.41, 5.74) is 0.448. The van der Waals surface area contributed by atoms with Crippen molar-refractivity contribution in [1.29, 1.82) is 0 Å². The lowest BCUT2D eigenvalue weighted by molar-refractivity contribution is -0.153. The lowest BCUT2D eigenvalue weighted by Gasteiger charge is -2.34. The summed E-state index contributed by atoms with van der Waals surface area (Å²) in [6.45, 7) is 9.02. The number of Topliss-reactive ketones (excluding diaryl/α,β-unsaturated/α-hetero) is 1. The fourth-order valence-corrected chi connectivity index (χ4v) is 4.26. The highest BCUT2D eigenvalue weighted by Gasteiger charge is 2.61. The smallest absolute Gasteiger partial charge is 0.334 e. The molecule has 0 spiro atoms. The number of esters is 2. The SMILES string of the molecule is C=C1C(=O)O[C@@H]2[C@H]1[C@@H](OC(C)=O)C[C@H](C)C1=CCC(=O)[C@]12C. The Labute approximate surface area is 129 Å². The van der Waals surface area contributed by atoms with Gasteiger partial charge in [0.15, 0.2) is 0 Å². The van der Waals surface area contributed by atoms with E-state index in [0.717, 1.165) is 5.57 Å². The molecule has 2 aliphatic carbocycles. The van der Waals surface area contributed by atoms with E-state index in [1.165, 1.54) is 6.92 Å². The summed E-state index contributed by atoms with van der Waals surface area (Å²) in [4.78, 5) is 36.0. The summed E-state index contributed by atoms with van der Waals surface area (Å²) in [6.07, 6.45) is 1.73. The van der Waals surface area contributed by atoms with Crippen LogP contribution in [0.2, 0.25) is 0 Å². The van der Waals surface area contributed by atoms with E-state index in [1.54, 1.807) is 0 Å². The largest absolute Gasteiger partial charge is 0.462 e. The van der Waals surface area contributed by atoms with Gasteiger partial charge in [0.25, 0.3) is 0 Å². The maximum absolute atomic E-state index is 12.5. The quantitative estimate of drug-likeness (QED) is 0.421. The first-order chi connectivity index (χ1) is 10.3. The molecule has 3 rings (SSSR count). The molecule has 0 unspecified atom stereocenters. The van der Waals surface area contributed by atoms with Crippen LogP contribution in [-0.2, 0) is 23.9 Å². The third-order valence-corrected chi connectivity index (χ3v) is 5.31. The molecule has 22 heavy (non-hydrogen) atoms. The van der Waals surface area contributed by atoms with Crippen LogP contribution < -0.4 is 0 Å². The average molecular weight is 304 g/mol. The number of ketones is 1. The zero-order valence-electron chi connectivity index (χ0n) is 13.0. The van der Waals surface area contributed by atoms with Crippen molar-refractivity contribution in [3.8, 4) is 0 Å². The van der Waals surface area contributed by atoms with E-state index in [2.05, 4.69) is 6.58 Å². The van der Waals surface area contributed by atoms with Gasteiger partial charge in [0, 0.05) is 18.9 Å². The molecule has 1 saturated carbocycles. The van der Waals surface area contributed by atoms with Crippen LogP contribution in [-0.4, -0.2) is 29.9 Å². The monoisotopic (exact) mass is 304 g/mol. The summed E-state index contributed by atoms with van der Waals surface area (Å²) in [6, 6.07) is 0. The fraction of sp³-hybridized carbons (Fsp3) is 0.588. The Kier molecular flexibility index (Phi) is 3.27. The first-order valence-electron chi connectivity index (χ1n) is 7.57. The van der Waals surface area contributed by atoms with Crippen LogP contribution in [0.3, 0.4) is 0 Å². The molecule has 0 aromatic heterocycles. The molecule has 118 valence electrons. The molecule has 1 saturated heterocycles. The van der Waals surface area contributed by atoms with Crippen molar-refractivity contribution in [2.45, 2.75) is 45.8 Å². The van der Waals surface area contributed by atoms with Crippen molar-refractivity contribution in [2.24, 2.45) is 17.3 Å². The van der Waals surface area contributed by atoms with Crippen LogP contribution in [0.4, 0.5) is 0 Å².